The van der Waals surface area contributed by atoms with Crippen LogP contribution < -0.4 is 5.73 Å². The van der Waals surface area contributed by atoms with E-state index in [0.29, 0.717) is 0 Å². The van der Waals surface area contributed by atoms with Crippen molar-refractivity contribution < 1.29 is 0 Å². The number of nitrogens with two attached hydrogens (primary N) is 1. The van der Waals surface area contributed by atoms with Gasteiger partial charge in [0.15, 0.2) is 0 Å². The van der Waals surface area contributed by atoms with E-state index >= 15 is 0 Å². The fourth-order valence-electron chi connectivity index (χ4n) is 1.40. The topological polar surface area (TPSA) is 26.0 Å². The van der Waals surface area contributed by atoms with Crippen LogP contribution in [0, 0.1) is 13.8 Å². The summed E-state index contributed by atoms with van der Waals surface area (Å²) in [6, 6.07) is 4.19. The summed E-state index contributed by atoms with van der Waals surface area (Å²) in [5, 5.41) is 0.856. The number of benzene rings is 1. The lowest BCUT2D eigenvalue weighted by atomic mass is 10.0. The van der Waals surface area contributed by atoms with Crippen LogP contribution in [0.2, 0.25) is 5.02 Å². The molecule has 0 bridgehead atoms. The molecule has 72 valence electrons. The highest BCUT2D eigenvalue weighted by Crippen LogP contribution is 2.21. The predicted octanol–water partition coefficient (Wildman–Crippen LogP) is 2.85. The summed E-state index contributed by atoms with van der Waals surface area (Å²) in [6.07, 6.45) is 2.10. The summed E-state index contributed by atoms with van der Waals surface area (Å²) in [6.45, 7) is 4.88. The van der Waals surface area contributed by atoms with Gasteiger partial charge in [0.1, 0.15) is 0 Å². The number of hydrogen-bond acceptors (Lipinski definition) is 1. The van der Waals surface area contributed by atoms with Crippen LogP contribution >= 0.6 is 11.6 Å². The second-order valence-corrected chi connectivity index (χ2v) is 3.83. The molecule has 0 aromatic heterocycles. The van der Waals surface area contributed by atoms with Crippen molar-refractivity contribution in [2.75, 3.05) is 6.54 Å². The Balaban J connectivity index is 2.88. The molecule has 0 aliphatic carbocycles. The van der Waals surface area contributed by atoms with Gasteiger partial charge in [-0.15, -0.1) is 0 Å². The molecule has 0 fully saturated rings. The number of rotatable bonds is 3. The monoisotopic (exact) mass is 197 g/mol. The Bertz CT molecular complexity index is 294. The van der Waals surface area contributed by atoms with E-state index in [1.165, 1.54) is 11.1 Å². The highest BCUT2D eigenvalue weighted by atomic mass is 35.5. The Labute approximate surface area is 84.9 Å². The highest BCUT2D eigenvalue weighted by Gasteiger charge is 2.01. The molecule has 0 amide bonds. The van der Waals surface area contributed by atoms with Crippen LogP contribution in [0.5, 0.6) is 0 Å². The molecule has 1 nitrogen and oxygen atoms in total. The van der Waals surface area contributed by atoms with E-state index in [4.69, 9.17) is 17.3 Å². The van der Waals surface area contributed by atoms with Gasteiger partial charge >= 0.3 is 0 Å². The molecular formula is C11H16ClN. The molecule has 2 N–H and O–H groups in total. The van der Waals surface area contributed by atoms with Gasteiger partial charge in [-0.3, -0.25) is 0 Å². The molecule has 0 unspecified atom stereocenters. The minimum absolute atomic E-state index is 0.751. The first kappa shape index (κ1) is 10.6. The van der Waals surface area contributed by atoms with Gasteiger partial charge in [-0.2, -0.15) is 0 Å². The van der Waals surface area contributed by atoms with Crippen molar-refractivity contribution in [1.82, 2.24) is 0 Å². The lowest BCUT2D eigenvalue weighted by Crippen LogP contribution is -2.01. The zero-order valence-electron chi connectivity index (χ0n) is 8.23. The molecule has 0 aliphatic rings. The van der Waals surface area contributed by atoms with Gasteiger partial charge in [-0.05, 0) is 56.0 Å². The van der Waals surface area contributed by atoms with E-state index in [1.807, 2.05) is 13.0 Å². The van der Waals surface area contributed by atoms with Crippen molar-refractivity contribution in [3.8, 4) is 0 Å². The van der Waals surface area contributed by atoms with Gasteiger partial charge in [0.2, 0.25) is 0 Å². The smallest absolute Gasteiger partial charge is 0.0438 e. The van der Waals surface area contributed by atoms with Crippen molar-refractivity contribution >= 4 is 11.6 Å². The standard InChI is InChI=1S/C11H16ClN/c1-8-7-11(12)9(2)6-10(8)4-3-5-13/h6-7H,3-5,13H2,1-2H3. The molecule has 1 rings (SSSR count). The Hall–Kier alpha value is -0.530. The van der Waals surface area contributed by atoms with Crippen LogP contribution in [0.25, 0.3) is 0 Å². The molecular weight excluding hydrogens is 182 g/mol. The second kappa shape index (κ2) is 4.64. The molecule has 0 atom stereocenters. The molecule has 0 radical (unpaired) electrons. The molecule has 13 heavy (non-hydrogen) atoms. The summed E-state index contributed by atoms with van der Waals surface area (Å²) in [7, 11) is 0. The zero-order valence-corrected chi connectivity index (χ0v) is 8.99. The molecule has 2 heteroatoms. The third kappa shape index (κ3) is 2.71. The fraction of sp³-hybridized carbons (Fsp3) is 0.455. The number of hydrogen-bond donors (Lipinski definition) is 1. The highest BCUT2D eigenvalue weighted by molar-refractivity contribution is 6.31. The minimum Gasteiger partial charge on any atom is -0.330 e. The van der Waals surface area contributed by atoms with Gasteiger partial charge in [0.25, 0.3) is 0 Å². The van der Waals surface area contributed by atoms with Crippen LogP contribution in [-0.2, 0) is 6.42 Å². The van der Waals surface area contributed by atoms with Crippen LogP contribution in [-0.4, -0.2) is 6.54 Å². The van der Waals surface area contributed by atoms with Crippen LogP contribution in [0.3, 0.4) is 0 Å². The second-order valence-electron chi connectivity index (χ2n) is 3.42. The predicted molar refractivity (Wildman–Crippen MR) is 58.3 cm³/mol. The molecule has 0 saturated heterocycles. The van der Waals surface area contributed by atoms with Gasteiger partial charge in [-0.1, -0.05) is 17.7 Å². The van der Waals surface area contributed by atoms with Crippen LogP contribution in [0.15, 0.2) is 12.1 Å². The lowest BCUT2D eigenvalue weighted by Gasteiger charge is -2.07. The summed E-state index contributed by atoms with van der Waals surface area (Å²) in [4.78, 5) is 0. The Kier molecular flexibility index (Phi) is 3.76. The van der Waals surface area contributed by atoms with E-state index in [9.17, 15) is 0 Å². The van der Waals surface area contributed by atoms with Crippen LogP contribution in [0.1, 0.15) is 23.1 Å². The summed E-state index contributed by atoms with van der Waals surface area (Å²) < 4.78 is 0. The number of aryl methyl sites for hydroxylation is 3. The van der Waals surface area contributed by atoms with E-state index in [1.54, 1.807) is 0 Å². The molecule has 0 saturated carbocycles. The van der Waals surface area contributed by atoms with Gasteiger partial charge in [0.05, 0.1) is 0 Å². The largest absolute Gasteiger partial charge is 0.330 e. The minimum atomic E-state index is 0.751. The van der Waals surface area contributed by atoms with E-state index < -0.39 is 0 Å². The van der Waals surface area contributed by atoms with Gasteiger partial charge < -0.3 is 5.73 Å². The maximum atomic E-state index is 6.00. The molecule has 0 spiro atoms. The van der Waals surface area contributed by atoms with E-state index in [2.05, 4.69) is 13.0 Å². The van der Waals surface area contributed by atoms with Crippen molar-refractivity contribution in [3.05, 3.63) is 33.8 Å². The maximum absolute atomic E-state index is 6.00. The third-order valence-electron chi connectivity index (χ3n) is 2.27. The van der Waals surface area contributed by atoms with Gasteiger partial charge in [-0.25, -0.2) is 0 Å². The Morgan fingerprint density at radius 3 is 2.54 bits per heavy atom. The Morgan fingerprint density at radius 1 is 1.23 bits per heavy atom. The fourth-order valence-corrected chi connectivity index (χ4v) is 1.62. The summed E-state index contributed by atoms with van der Waals surface area (Å²) in [5.74, 6) is 0. The lowest BCUT2D eigenvalue weighted by molar-refractivity contribution is 0.827. The van der Waals surface area contributed by atoms with Crippen molar-refractivity contribution in [2.45, 2.75) is 26.7 Å². The van der Waals surface area contributed by atoms with Crippen molar-refractivity contribution in [3.63, 3.8) is 0 Å². The summed E-state index contributed by atoms with van der Waals surface area (Å²) >= 11 is 6.00. The maximum Gasteiger partial charge on any atom is 0.0438 e. The average Bonchev–Trinajstić information content (AvgIpc) is 2.09. The molecule has 0 aliphatic heterocycles. The summed E-state index contributed by atoms with van der Waals surface area (Å²) in [5.41, 5.74) is 9.26. The molecule has 0 heterocycles. The first-order valence-electron chi connectivity index (χ1n) is 4.61. The van der Waals surface area contributed by atoms with E-state index in [-0.39, 0.29) is 0 Å². The van der Waals surface area contributed by atoms with Crippen LogP contribution in [0.4, 0.5) is 0 Å². The van der Waals surface area contributed by atoms with Crippen molar-refractivity contribution in [2.24, 2.45) is 5.73 Å². The average molecular weight is 198 g/mol. The van der Waals surface area contributed by atoms with E-state index in [0.717, 1.165) is 30.0 Å². The molecule has 1 aromatic carbocycles. The molecule has 1 aromatic rings. The first-order valence-corrected chi connectivity index (χ1v) is 4.98. The Morgan fingerprint density at radius 2 is 1.92 bits per heavy atom. The SMILES string of the molecule is Cc1cc(CCCN)c(C)cc1Cl. The normalized spacial score (nSPS) is 10.5. The quantitative estimate of drug-likeness (QED) is 0.793. The number of halogens is 1. The first-order chi connectivity index (χ1) is 6.15. The third-order valence-corrected chi connectivity index (χ3v) is 2.67. The zero-order chi connectivity index (χ0) is 9.84. The van der Waals surface area contributed by atoms with Crippen molar-refractivity contribution in [1.29, 1.82) is 0 Å². The van der Waals surface area contributed by atoms with Gasteiger partial charge in [0, 0.05) is 5.02 Å².